The highest BCUT2D eigenvalue weighted by Crippen LogP contribution is 2.19. The summed E-state index contributed by atoms with van der Waals surface area (Å²) in [5.41, 5.74) is 2.27. The Morgan fingerprint density at radius 1 is 1.31 bits per heavy atom. The molecule has 0 spiro atoms. The molecule has 0 fully saturated rings. The van der Waals surface area contributed by atoms with Gasteiger partial charge in [-0.15, -0.1) is 11.6 Å². The van der Waals surface area contributed by atoms with E-state index in [4.69, 9.17) is 11.6 Å². The van der Waals surface area contributed by atoms with Crippen LogP contribution >= 0.6 is 11.6 Å². The molecule has 0 saturated carbocycles. The summed E-state index contributed by atoms with van der Waals surface area (Å²) in [5.74, 6) is 0.363. The molecule has 0 aliphatic heterocycles. The van der Waals surface area contributed by atoms with Gasteiger partial charge in [0.05, 0.1) is 0 Å². The SMILES string of the molecule is Cc1ccc(F)cc1CCCC(Cl)C(C)C. The predicted molar refractivity (Wildman–Crippen MR) is 68.6 cm³/mol. The molecule has 0 saturated heterocycles. The van der Waals surface area contributed by atoms with E-state index in [1.165, 1.54) is 6.07 Å². The number of benzene rings is 1. The fraction of sp³-hybridized carbons (Fsp3) is 0.571. The van der Waals surface area contributed by atoms with Crippen molar-refractivity contribution in [2.24, 2.45) is 5.92 Å². The van der Waals surface area contributed by atoms with Gasteiger partial charge in [0.1, 0.15) is 5.82 Å². The van der Waals surface area contributed by atoms with Gasteiger partial charge in [-0.2, -0.15) is 0 Å². The second-order valence-corrected chi connectivity index (χ2v) is 5.28. The third kappa shape index (κ3) is 4.13. The van der Waals surface area contributed by atoms with Crippen LogP contribution in [0.25, 0.3) is 0 Å². The monoisotopic (exact) mass is 242 g/mol. The van der Waals surface area contributed by atoms with Gasteiger partial charge in [0.15, 0.2) is 0 Å². The summed E-state index contributed by atoms with van der Waals surface area (Å²) in [6.07, 6.45) is 2.94. The van der Waals surface area contributed by atoms with Crippen molar-refractivity contribution in [2.45, 2.75) is 45.4 Å². The van der Waals surface area contributed by atoms with Gasteiger partial charge in [0.25, 0.3) is 0 Å². The highest BCUT2D eigenvalue weighted by Gasteiger charge is 2.09. The zero-order valence-corrected chi connectivity index (χ0v) is 11.0. The van der Waals surface area contributed by atoms with Crippen molar-refractivity contribution in [3.05, 3.63) is 35.1 Å². The van der Waals surface area contributed by atoms with Crippen LogP contribution in [0.5, 0.6) is 0 Å². The summed E-state index contributed by atoms with van der Waals surface area (Å²) in [5, 5.41) is 0.230. The molecule has 0 nitrogen and oxygen atoms in total. The van der Waals surface area contributed by atoms with Gasteiger partial charge in [0, 0.05) is 5.38 Å². The van der Waals surface area contributed by atoms with E-state index in [0.717, 1.165) is 30.4 Å². The van der Waals surface area contributed by atoms with Gasteiger partial charge < -0.3 is 0 Å². The quantitative estimate of drug-likeness (QED) is 0.656. The van der Waals surface area contributed by atoms with Crippen molar-refractivity contribution in [3.63, 3.8) is 0 Å². The Morgan fingerprint density at radius 3 is 2.62 bits per heavy atom. The maximum Gasteiger partial charge on any atom is 0.123 e. The van der Waals surface area contributed by atoms with Crippen molar-refractivity contribution in [2.75, 3.05) is 0 Å². The van der Waals surface area contributed by atoms with E-state index in [1.807, 2.05) is 13.0 Å². The van der Waals surface area contributed by atoms with Crippen molar-refractivity contribution >= 4 is 11.6 Å². The number of rotatable bonds is 5. The van der Waals surface area contributed by atoms with E-state index in [1.54, 1.807) is 6.07 Å². The Kier molecular flexibility index (Phi) is 5.27. The zero-order valence-electron chi connectivity index (χ0n) is 10.3. The summed E-state index contributed by atoms with van der Waals surface area (Å²) in [6.45, 7) is 6.28. The maximum absolute atomic E-state index is 13.0. The molecule has 1 rings (SSSR count). The second kappa shape index (κ2) is 6.24. The number of halogens is 2. The Labute approximate surface area is 103 Å². The molecule has 0 N–H and O–H groups in total. The predicted octanol–water partition coefficient (Wildman–Crippen LogP) is 4.72. The van der Waals surface area contributed by atoms with E-state index in [2.05, 4.69) is 13.8 Å². The molecule has 1 atom stereocenters. The summed E-state index contributed by atoms with van der Waals surface area (Å²) in [4.78, 5) is 0. The first kappa shape index (κ1) is 13.5. The van der Waals surface area contributed by atoms with Gasteiger partial charge >= 0.3 is 0 Å². The molecule has 0 aliphatic carbocycles. The van der Waals surface area contributed by atoms with Crippen molar-refractivity contribution < 1.29 is 4.39 Å². The third-order valence-corrected chi connectivity index (χ3v) is 3.68. The van der Waals surface area contributed by atoms with Crippen LogP contribution in [0.2, 0.25) is 0 Å². The molecular weight excluding hydrogens is 223 g/mol. The van der Waals surface area contributed by atoms with Crippen LogP contribution in [0.3, 0.4) is 0 Å². The number of hydrogen-bond acceptors (Lipinski definition) is 0. The molecular formula is C14H20ClF. The number of hydrogen-bond donors (Lipinski definition) is 0. The van der Waals surface area contributed by atoms with Gasteiger partial charge in [-0.05, 0) is 55.4 Å². The van der Waals surface area contributed by atoms with Crippen LogP contribution in [-0.4, -0.2) is 5.38 Å². The van der Waals surface area contributed by atoms with E-state index in [0.29, 0.717) is 5.92 Å². The van der Waals surface area contributed by atoms with Crippen molar-refractivity contribution in [1.82, 2.24) is 0 Å². The Bertz CT molecular complexity index is 334. The molecule has 1 unspecified atom stereocenters. The molecule has 0 heterocycles. The number of aryl methyl sites for hydroxylation is 2. The standard InChI is InChI=1S/C14H20ClF/c1-10(2)14(15)6-4-5-12-9-13(16)8-7-11(12)3/h7-10,14H,4-6H2,1-3H3. The van der Waals surface area contributed by atoms with E-state index in [9.17, 15) is 4.39 Å². The van der Waals surface area contributed by atoms with Crippen molar-refractivity contribution in [3.8, 4) is 0 Å². The summed E-state index contributed by atoms with van der Waals surface area (Å²) >= 11 is 6.18. The molecule has 1 aromatic rings. The fourth-order valence-electron chi connectivity index (χ4n) is 1.73. The van der Waals surface area contributed by atoms with Crippen LogP contribution in [0.1, 0.15) is 37.8 Å². The Balaban J connectivity index is 2.45. The van der Waals surface area contributed by atoms with Gasteiger partial charge in [0.2, 0.25) is 0 Å². The first-order valence-electron chi connectivity index (χ1n) is 5.90. The highest BCUT2D eigenvalue weighted by atomic mass is 35.5. The van der Waals surface area contributed by atoms with Crippen LogP contribution in [0.15, 0.2) is 18.2 Å². The highest BCUT2D eigenvalue weighted by molar-refractivity contribution is 6.20. The molecule has 90 valence electrons. The van der Waals surface area contributed by atoms with E-state index < -0.39 is 0 Å². The molecule has 0 bridgehead atoms. The third-order valence-electron chi connectivity index (χ3n) is 2.96. The van der Waals surface area contributed by atoms with Gasteiger partial charge in [-0.3, -0.25) is 0 Å². The molecule has 1 aromatic carbocycles. The zero-order chi connectivity index (χ0) is 12.1. The van der Waals surface area contributed by atoms with Crippen LogP contribution < -0.4 is 0 Å². The summed E-state index contributed by atoms with van der Waals surface area (Å²) in [7, 11) is 0. The Morgan fingerprint density at radius 2 is 2.00 bits per heavy atom. The van der Waals surface area contributed by atoms with Gasteiger partial charge in [-0.25, -0.2) is 4.39 Å². The maximum atomic E-state index is 13.0. The minimum Gasteiger partial charge on any atom is -0.207 e. The average molecular weight is 243 g/mol. The van der Waals surface area contributed by atoms with Crippen LogP contribution in [0, 0.1) is 18.7 Å². The lowest BCUT2D eigenvalue weighted by molar-refractivity contribution is 0.546. The molecule has 16 heavy (non-hydrogen) atoms. The molecule has 0 amide bonds. The first-order valence-corrected chi connectivity index (χ1v) is 6.33. The normalized spacial score (nSPS) is 13.1. The van der Waals surface area contributed by atoms with Crippen LogP contribution in [-0.2, 0) is 6.42 Å². The minimum absolute atomic E-state index is 0.146. The average Bonchev–Trinajstić information content (AvgIpc) is 2.22. The largest absolute Gasteiger partial charge is 0.207 e. The van der Waals surface area contributed by atoms with E-state index >= 15 is 0 Å². The minimum atomic E-state index is -0.146. The van der Waals surface area contributed by atoms with Crippen molar-refractivity contribution in [1.29, 1.82) is 0 Å². The summed E-state index contributed by atoms with van der Waals surface area (Å²) in [6, 6.07) is 4.98. The van der Waals surface area contributed by atoms with E-state index in [-0.39, 0.29) is 11.2 Å². The fourth-order valence-corrected chi connectivity index (χ4v) is 1.88. The molecule has 2 heteroatoms. The molecule has 0 radical (unpaired) electrons. The lowest BCUT2D eigenvalue weighted by Crippen LogP contribution is -2.07. The molecule has 0 aromatic heterocycles. The Hall–Kier alpha value is -0.560. The number of alkyl halides is 1. The van der Waals surface area contributed by atoms with Gasteiger partial charge in [-0.1, -0.05) is 19.9 Å². The second-order valence-electron chi connectivity index (χ2n) is 4.72. The molecule has 0 aliphatic rings. The lowest BCUT2D eigenvalue weighted by Gasteiger charge is -2.13. The smallest absolute Gasteiger partial charge is 0.123 e. The first-order chi connectivity index (χ1) is 7.50. The summed E-state index contributed by atoms with van der Waals surface area (Å²) < 4.78 is 13.0. The lowest BCUT2D eigenvalue weighted by atomic mass is 9.99. The van der Waals surface area contributed by atoms with Crippen LogP contribution in [0.4, 0.5) is 4.39 Å². The topological polar surface area (TPSA) is 0 Å².